The van der Waals surface area contributed by atoms with Crippen LogP contribution in [0, 0.1) is 12.8 Å². The molecule has 2 aliphatic rings. The minimum absolute atomic E-state index is 0.0893. The van der Waals surface area contributed by atoms with E-state index in [2.05, 4.69) is 0 Å². The van der Waals surface area contributed by atoms with Crippen LogP contribution in [0.4, 0.5) is 0 Å². The fourth-order valence-corrected chi connectivity index (χ4v) is 4.89. The number of amides is 1. The van der Waals surface area contributed by atoms with Crippen LogP contribution in [0.5, 0.6) is 0 Å². The number of rotatable bonds is 5. The Bertz CT molecular complexity index is 801. The van der Waals surface area contributed by atoms with Crippen molar-refractivity contribution < 1.29 is 23.1 Å². The zero-order valence-electron chi connectivity index (χ0n) is 15.4. The Morgan fingerprint density at radius 3 is 2.26 bits per heavy atom. The number of carbonyl (C=O) groups excluding carboxylic acids is 1. The molecule has 0 aliphatic carbocycles. The second kappa shape index (κ2) is 7.95. The number of hydrogen-bond acceptors (Lipinski definition) is 5. The molecular weight excluding hydrogens is 370 g/mol. The molecule has 1 N–H and O–H groups in total. The Morgan fingerprint density at radius 2 is 1.70 bits per heavy atom. The summed E-state index contributed by atoms with van der Waals surface area (Å²) >= 11 is 0. The summed E-state index contributed by atoms with van der Waals surface area (Å²) in [6, 6.07) is 6.80. The van der Waals surface area contributed by atoms with Crippen molar-refractivity contribution in [1.82, 2.24) is 14.1 Å². The van der Waals surface area contributed by atoms with Gasteiger partial charge in [-0.05, 0) is 25.5 Å². The molecule has 2 heterocycles. The predicted octanol–water partition coefficient (Wildman–Crippen LogP) is 0.234. The van der Waals surface area contributed by atoms with E-state index in [9.17, 15) is 18.0 Å². The summed E-state index contributed by atoms with van der Waals surface area (Å²) in [4.78, 5) is 27.2. The summed E-state index contributed by atoms with van der Waals surface area (Å²) in [6.45, 7) is 4.46. The number of hydrogen-bond donors (Lipinski definition) is 1. The Labute approximate surface area is 159 Å². The van der Waals surface area contributed by atoms with Crippen LogP contribution in [0.2, 0.25) is 0 Å². The summed E-state index contributed by atoms with van der Waals surface area (Å²) < 4.78 is 26.9. The van der Waals surface area contributed by atoms with Gasteiger partial charge in [0.1, 0.15) is 0 Å². The molecule has 0 radical (unpaired) electrons. The first-order valence-corrected chi connectivity index (χ1v) is 10.5. The van der Waals surface area contributed by atoms with Crippen LogP contribution in [0.3, 0.4) is 0 Å². The quantitative estimate of drug-likeness (QED) is 0.767. The van der Waals surface area contributed by atoms with Crippen molar-refractivity contribution >= 4 is 21.9 Å². The molecule has 0 spiro atoms. The Balaban J connectivity index is 1.52. The first kappa shape index (κ1) is 19.8. The molecule has 1 aromatic rings. The smallest absolute Gasteiger partial charge is 0.308 e. The van der Waals surface area contributed by atoms with Crippen molar-refractivity contribution in [3.63, 3.8) is 0 Å². The number of likely N-dealkylation sites (tertiary alicyclic amines) is 1. The highest BCUT2D eigenvalue weighted by Crippen LogP contribution is 2.19. The average molecular weight is 395 g/mol. The highest BCUT2D eigenvalue weighted by atomic mass is 32.2. The summed E-state index contributed by atoms with van der Waals surface area (Å²) in [5, 5.41) is 9.04. The summed E-state index contributed by atoms with van der Waals surface area (Å²) in [5.41, 5.74) is 1.00. The predicted molar refractivity (Wildman–Crippen MR) is 98.7 cm³/mol. The van der Waals surface area contributed by atoms with Crippen molar-refractivity contribution in [3.8, 4) is 0 Å². The van der Waals surface area contributed by atoms with E-state index < -0.39 is 21.9 Å². The topological polar surface area (TPSA) is 98.2 Å². The SMILES string of the molecule is Cc1ccc(S(=O)(=O)N2CCN(CC(=O)N3CCC(C(=O)O)C3)CC2)cc1. The van der Waals surface area contributed by atoms with Gasteiger partial charge in [-0.25, -0.2) is 8.42 Å². The van der Waals surface area contributed by atoms with Crippen LogP contribution in [0.1, 0.15) is 12.0 Å². The van der Waals surface area contributed by atoms with Crippen LogP contribution in [0.25, 0.3) is 0 Å². The molecule has 1 unspecified atom stereocenters. The standard InChI is InChI=1S/C18H25N3O5S/c1-14-2-4-16(5-3-14)27(25,26)21-10-8-19(9-11-21)13-17(22)20-7-6-15(12-20)18(23)24/h2-5,15H,6-13H2,1H3,(H,23,24). The second-order valence-electron chi connectivity index (χ2n) is 7.16. The van der Waals surface area contributed by atoms with E-state index in [1.54, 1.807) is 29.2 Å². The number of carbonyl (C=O) groups is 2. The molecule has 9 heteroatoms. The first-order chi connectivity index (χ1) is 12.8. The fourth-order valence-electron chi connectivity index (χ4n) is 3.47. The number of nitrogens with zero attached hydrogens (tertiary/aromatic N) is 3. The van der Waals surface area contributed by atoms with E-state index in [1.165, 1.54) is 4.31 Å². The van der Waals surface area contributed by atoms with E-state index in [0.29, 0.717) is 39.1 Å². The minimum atomic E-state index is -3.52. The molecular formula is C18H25N3O5S. The van der Waals surface area contributed by atoms with Crippen LogP contribution in [0.15, 0.2) is 29.2 Å². The van der Waals surface area contributed by atoms with Gasteiger partial charge in [-0.15, -0.1) is 0 Å². The van der Waals surface area contributed by atoms with E-state index in [0.717, 1.165) is 5.56 Å². The largest absolute Gasteiger partial charge is 0.481 e. The molecule has 27 heavy (non-hydrogen) atoms. The van der Waals surface area contributed by atoms with Crippen LogP contribution < -0.4 is 0 Å². The summed E-state index contributed by atoms with van der Waals surface area (Å²) in [7, 11) is -3.52. The number of aliphatic carboxylic acids is 1. The third-order valence-electron chi connectivity index (χ3n) is 5.24. The van der Waals surface area contributed by atoms with E-state index in [4.69, 9.17) is 5.11 Å². The average Bonchev–Trinajstić information content (AvgIpc) is 3.13. The van der Waals surface area contributed by atoms with Crippen molar-refractivity contribution in [2.75, 3.05) is 45.8 Å². The molecule has 3 rings (SSSR count). The third kappa shape index (κ3) is 4.48. The molecule has 1 aromatic carbocycles. The lowest BCUT2D eigenvalue weighted by Gasteiger charge is -2.34. The van der Waals surface area contributed by atoms with E-state index in [1.807, 2.05) is 11.8 Å². The van der Waals surface area contributed by atoms with Crippen molar-refractivity contribution in [1.29, 1.82) is 0 Å². The zero-order chi connectivity index (χ0) is 19.6. The molecule has 8 nitrogen and oxygen atoms in total. The van der Waals surface area contributed by atoms with E-state index >= 15 is 0 Å². The monoisotopic (exact) mass is 395 g/mol. The third-order valence-corrected chi connectivity index (χ3v) is 7.15. The number of carboxylic acids is 1. The lowest BCUT2D eigenvalue weighted by atomic mass is 10.1. The van der Waals surface area contributed by atoms with Crippen LogP contribution in [-0.4, -0.2) is 85.3 Å². The zero-order valence-corrected chi connectivity index (χ0v) is 16.2. The number of carboxylic acid groups (broad SMARTS) is 1. The maximum Gasteiger partial charge on any atom is 0.308 e. The first-order valence-electron chi connectivity index (χ1n) is 9.07. The van der Waals surface area contributed by atoms with Crippen LogP contribution >= 0.6 is 0 Å². The molecule has 0 aromatic heterocycles. The molecule has 1 atom stereocenters. The highest BCUT2D eigenvalue weighted by molar-refractivity contribution is 7.89. The summed E-state index contributed by atoms with van der Waals surface area (Å²) in [6.07, 6.45) is 0.490. The van der Waals surface area contributed by atoms with Gasteiger partial charge in [0.15, 0.2) is 0 Å². The van der Waals surface area contributed by atoms with Crippen LogP contribution in [-0.2, 0) is 19.6 Å². The number of aryl methyl sites for hydroxylation is 1. The molecule has 148 valence electrons. The maximum absolute atomic E-state index is 12.7. The molecule has 2 fully saturated rings. The van der Waals surface area contributed by atoms with Gasteiger partial charge in [0, 0.05) is 39.3 Å². The molecule has 2 saturated heterocycles. The van der Waals surface area contributed by atoms with Gasteiger partial charge in [0.25, 0.3) is 0 Å². The lowest BCUT2D eigenvalue weighted by Crippen LogP contribution is -2.51. The Morgan fingerprint density at radius 1 is 1.07 bits per heavy atom. The van der Waals surface area contributed by atoms with Gasteiger partial charge in [-0.3, -0.25) is 14.5 Å². The normalized spacial score (nSPS) is 22.1. The highest BCUT2D eigenvalue weighted by Gasteiger charge is 2.33. The molecule has 1 amide bonds. The minimum Gasteiger partial charge on any atom is -0.481 e. The van der Waals surface area contributed by atoms with Gasteiger partial charge in [0.2, 0.25) is 15.9 Å². The van der Waals surface area contributed by atoms with Crippen molar-refractivity contribution in [2.45, 2.75) is 18.2 Å². The van der Waals surface area contributed by atoms with Crippen molar-refractivity contribution in [3.05, 3.63) is 29.8 Å². The molecule has 2 aliphatic heterocycles. The van der Waals surface area contributed by atoms with E-state index in [-0.39, 0.29) is 23.9 Å². The fraction of sp³-hybridized carbons (Fsp3) is 0.556. The second-order valence-corrected chi connectivity index (χ2v) is 9.09. The van der Waals surface area contributed by atoms with Crippen molar-refractivity contribution in [2.24, 2.45) is 5.92 Å². The molecule has 0 saturated carbocycles. The summed E-state index contributed by atoms with van der Waals surface area (Å²) in [5.74, 6) is -1.43. The lowest BCUT2D eigenvalue weighted by molar-refractivity contribution is -0.141. The van der Waals surface area contributed by atoms with Gasteiger partial charge in [-0.1, -0.05) is 17.7 Å². The van der Waals surface area contributed by atoms with Gasteiger partial charge >= 0.3 is 5.97 Å². The van der Waals surface area contributed by atoms with Gasteiger partial charge in [-0.2, -0.15) is 4.31 Å². The number of sulfonamides is 1. The Hall–Kier alpha value is -1.97. The van der Waals surface area contributed by atoms with Gasteiger partial charge < -0.3 is 10.0 Å². The maximum atomic E-state index is 12.7. The Kier molecular flexibility index (Phi) is 5.83. The number of piperazine rings is 1. The van der Waals surface area contributed by atoms with Gasteiger partial charge in [0.05, 0.1) is 17.4 Å². The number of benzene rings is 1. The molecule has 0 bridgehead atoms.